The van der Waals surface area contributed by atoms with Gasteiger partial charge in [0, 0.05) is 16.9 Å². The van der Waals surface area contributed by atoms with Gasteiger partial charge in [0.1, 0.15) is 5.75 Å². The standard InChI is InChI=1S/C12H16BrNO/c1-8-9(5-6-10(8)13)12-11(15-2)4-3-7-14-12/h3-4,7-10H,5-6H2,1-2H3. The Morgan fingerprint density at radius 3 is 2.87 bits per heavy atom. The lowest BCUT2D eigenvalue weighted by Gasteiger charge is -2.18. The van der Waals surface area contributed by atoms with Crippen molar-refractivity contribution >= 4 is 15.9 Å². The van der Waals surface area contributed by atoms with E-state index in [9.17, 15) is 0 Å². The van der Waals surface area contributed by atoms with Crippen LogP contribution in [0.25, 0.3) is 0 Å². The van der Waals surface area contributed by atoms with Crippen molar-refractivity contribution in [2.45, 2.75) is 30.5 Å². The molecule has 1 heterocycles. The van der Waals surface area contributed by atoms with Gasteiger partial charge >= 0.3 is 0 Å². The molecule has 0 amide bonds. The van der Waals surface area contributed by atoms with E-state index < -0.39 is 0 Å². The molecule has 0 radical (unpaired) electrons. The van der Waals surface area contributed by atoms with Crippen LogP contribution in [-0.2, 0) is 0 Å². The normalized spacial score (nSPS) is 30.5. The Labute approximate surface area is 99.2 Å². The van der Waals surface area contributed by atoms with E-state index in [4.69, 9.17) is 4.74 Å². The predicted octanol–water partition coefficient (Wildman–Crippen LogP) is 3.37. The average molecular weight is 270 g/mol. The smallest absolute Gasteiger partial charge is 0.140 e. The minimum atomic E-state index is 0.533. The first-order valence-electron chi connectivity index (χ1n) is 5.37. The summed E-state index contributed by atoms with van der Waals surface area (Å²) in [7, 11) is 1.71. The molecule has 3 atom stereocenters. The number of aromatic nitrogens is 1. The number of rotatable bonds is 2. The Balaban J connectivity index is 2.29. The summed E-state index contributed by atoms with van der Waals surface area (Å²) in [5.74, 6) is 2.09. The highest BCUT2D eigenvalue weighted by atomic mass is 79.9. The van der Waals surface area contributed by atoms with Gasteiger partial charge in [0.25, 0.3) is 0 Å². The highest BCUT2D eigenvalue weighted by Crippen LogP contribution is 2.44. The van der Waals surface area contributed by atoms with Gasteiger partial charge in [-0.05, 0) is 30.9 Å². The minimum absolute atomic E-state index is 0.533. The van der Waals surface area contributed by atoms with E-state index in [0.717, 1.165) is 11.4 Å². The first-order chi connectivity index (χ1) is 7.24. The summed E-state index contributed by atoms with van der Waals surface area (Å²) < 4.78 is 5.36. The zero-order valence-corrected chi connectivity index (χ0v) is 10.7. The molecule has 0 aromatic carbocycles. The second-order valence-corrected chi connectivity index (χ2v) is 5.33. The van der Waals surface area contributed by atoms with E-state index in [-0.39, 0.29) is 0 Å². The van der Waals surface area contributed by atoms with E-state index in [2.05, 4.69) is 27.8 Å². The molecule has 1 aliphatic carbocycles. The summed E-state index contributed by atoms with van der Waals surface area (Å²) in [6, 6.07) is 3.92. The Morgan fingerprint density at radius 2 is 2.27 bits per heavy atom. The molecule has 0 spiro atoms. The Morgan fingerprint density at radius 1 is 1.47 bits per heavy atom. The van der Waals surface area contributed by atoms with Gasteiger partial charge in [-0.2, -0.15) is 0 Å². The first kappa shape index (κ1) is 10.9. The van der Waals surface area contributed by atoms with Crippen LogP contribution in [0.4, 0.5) is 0 Å². The number of alkyl halides is 1. The Bertz CT molecular complexity index is 342. The van der Waals surface area contributed by atoms with E-state index in [1.807, 2.05) is 18.3 Å². The van der Waals surface area contributed by atoms with Gasteiger partial charge in [0.2, 0.25) is 0 Å². The fraction of sp³-hybridized carbons (Fsp3) is 0.583. The molecule has 2 rings (SSSR count). The van der Waals surface area contributed by atoms with Gasteiger partial charge in [0.15, 0.2) is 0 Å². The fourth-order valence-electron chi connectivity index (χ4n) is 2.36. The fourth-order valence-corrected chi connectivity index (χ4v) is 2.99. The number of halogens is 1. The molecule has 3 heteroatoms. The summed E-state index contributed by atoms with van der Waals surface area (Å²) in [6.45, 7) is 2.28. The minimum Gasteiger partial charge on any atom is -0.495 e. The molecule has 1 aromatic heterocycles. The third kappa shape index (κ3) is 2.03. The van der Waals surface area contributed by atoms with Crippen molar-refractivity contribution in [3.8, 4) is 5.75 Å². The van der Waals surface area contributed by atoms with Crippen molar-refractivity contribution in [3.05, 3.63) is 24.0 Å². The summed E-state index contributed by atoms with van der Waals surface area (Å²) >= 11 is 3.72. The van der Waals surface area contributed by atoms with Crippen molar-refractivity contribution in [2.75, 3.05) is 7.11 Å². The molecule has 1 fully saturated rings. The quantitative estimate of drug-likeness (QED) is 0.769. The predicted molar refractivity (Wildman–Crippen MR) is 64.6 cm³/mol. The number of nitrogens with zero attached hydrogens (tertiary/aromatic N) is 1. The lowest BCUT2D eigenvalue weighted by Crippen LogP contribution is -2.11. The van der Waals surface area contributed by atoms with Crippen LogP contribution in [-0.4, -0.2) is 16.9 Å². The molecule has 0 aliphatic heterocycles. The Hall–Kier alpha value is -0.570. The molecule has 1 aromatic rings. The van der Waals surface area contributed by atoms with Gasteiger partial charge in [-0.15, -0.1) is 0 Å². The van der Waals surface area contributed by atoms with Crippen molar-refractivity contribution in [1.29, 1.82) is 0 Å². The molecule has 0 N–H and O–H groups in total. The van der Waals surface area contributed by atoms with Crippen LogP contribution in [0.2, 0.25) is 0 Å². The molecule has 1 aliphatic rings. The first-order valence-corrected chi connectivity index (χ1v) is 6.28. The maximum Gasteiger partial charge on any atom is 0.140 e. The topological polar surface area (TPSA) is 22.1 Å². The maximum absolute atomic E-state index is 5.36. The van der Waals surface area contributed by atoms with Crippen LogP contribution in [0.5, 0.6) is 5.75 Å². The molecule has 1 saturated carbocycles. The van der Waals surface area contributed by atoms with Gasteiger partial charge < -0.3 is 4.74 Å². The average Bonchev–Trinajstić information content (AvgIpc) is 2.60. The monoisotopic (exact) mass is 269 g/mol. The Kier molecular flexibility index (Phi) is 3.29. The van der Waals surface area contributed by atoms with Gasteiger partial charge in [-0.25, -0.2) is 0 Å². The third-order valence-electron chi connectivity index (χ3n) is 3.33. The van der Waals surface area contributed by atoms with E-state index in [1.54, 1.807) is 7.11 Å². The highest BCUT2D eigenvalue weighted by Gasteiger charge is 2.34. The summed E-state index contributed by atoms with van der Waals surface area (Å²) in [5, 5.41) is 0. The number of hydrogen-bond acceptors (Lipinski definition) is 2. The van der Waals surface area contributed by atoms with Crippen LogP contribution in [0.1, 0.15) is 31.4 Å². The van der Waals surface area contributed by atoms with Crippen LogP contribution in [0, 0.1) is 5.92 Å². The molecule has 2 nitrogen and oxygen atoms in total. The molecule has 82 valence electrons. The van der Waals surface area contributed by atoms with Crippen molar-refractivity contribution in [3.63, 3.8) is 0 Å². The van der Waals surface area contributed by atoms with E-state index >= 15 is 0 Å². The second-order valence-electron chi connectivity index (χ2n) is 4.15. The highest BCUT2D eigenvalue weighted by molar-refractivity contribution is 9.09. The molecule has 3 unspecified atom stereocenters. The number of ether oxygens (including phenoxy) is 1. The van der Waals surface area contributed by atoms with Crippen LogP contribution in [0.3, 0.4) is 0 Å². The van der Waals surface area contributed by atoms with E-state index in [1.165, 1.54) is 12.8 Å². The molecule has 15 heavy (non-hydrogen) atoms. The van der Waals surface area contributed by atoms with Gasteiger partial charge in [-0.3, -0.25) is 4.98 Å². The molecule has 0 saturated heterocycles. The van der Waals surface area contributed by atoms with Crippen molar-refractivity contribution < 1.29 is 4.74 Å². The molecule has 0 bridgehead atoms. The van der Waals surface area contributed by atoms with Gasteiger partial charge in [-0.1, -0.05) is 22.9 Å². The number of pyridine rings is 1. The van der Waals surface area contributed by atoms with E-state index in [0.29, 0.717) is 16.7 Å². The number of hydrogen-bond donors (Lipinski definition) is 0. The lowest BCUT2D eigenvalue weighted by molar-refractivity contribution is 0.394. The third-order valence-corrected chi connectivity index (χ3v) is 4.62. The lowest BCUT2D eigenvalue weighted by atomic mass is 9.93. The van der Waals surface area contributed by atoms with Crippen LogP contribution >= 0.6 is 15.9 Å². The van der Waals surface area contributed by atoms with Crippen LogP contribution < -0.4 is 4.74 Å². The zero-order valence-electron chi connectivity index (χ0n) is 9.11. The SMILES string of the molecule is COc1cccnc1C1CCC(Br)C1C. The summed E-state index contributed by atoms with van der Waals surface area (Å²) in [6.07, 6.45) is 4.28. The second kappa shape index (κ2) is 4.52. The molecular weight excluding hydrogens is 254 g/mol. The van der Waals surface area contributed by atoms with Crippen molar-refractivity contribution in [1.82, 2.24) is 4.98 Å². The van der Waals surface area contributed by atoms with Crippen molar-refractivity contribution in [2.24, 2.45) is 5.92 Å². The largest absolute Gasteiger partial charge is 0.495 e. The van der Waals surface area contributed by atoms with Crippen LogP contribution in [0.15, 0.2) is 18.3 Å². The summed E-state index contributed by atoms with van der Waals surface area (Å²) in [4.78, 5) is 5.09. The zero-order chi connectivity index (χ0) is 10.8. The van der Waals surface area contributed by atoms with Gasteiger partial charge in [0.05, 0.1) is 12.8 Å². The maximum atomic E-state index is 5.36. The molecular formula is C12H16BrNO. The number of methoxy groups -OCH3 is 1. The summed E-state index contributed by atoms with van der Waals surface area (Å²) in [5.41, 5.74) is 1.12.